The molecule has 1 aromatic carbocycles. The van der Waals surface area contributed by atoms with Crippen LogP contribution in [0, 0.1) is 0 Å². The van der Waals surface area contributed by atoms with E-state index in [9.17, 15) is 0 Å². The van der Waals surface area contributed by atoms with E-state index in [1.165, 1.54) is 0 Å². The molecular weight excluding hydrogens is 228 g/mol. The minimum atomic E-state index is 0.0795. The Labute approximate surface area is 106 Å². The highest BCUT2D eigenvalue weighted by Gasteiger charge is 1.97. The van der Waals surface area contributed by atoms with Crippen LogP contribution in [0.3, 0.4) is 0 Å². The predicted molar refractivity (Wildman–Crippen MR) is 70.5 cm³/mol. The van der Waals surface area contributed by atoms with E-state index in [-0.39, 0.29) is 6.61 Å². The van der Waals surface area contributed by atoms with E-state index in [0.717, 1.165) is 23.4 Å². The van der Waals surface area contributed by atoms with Gasteiger partial charge in [-0.1, -0.05) is 24.3 Å². The molecule has 94 valence electrons. The van der Waals surface area contributed by atoms with Crippen LogP contribution in [0.2, 0.25) is 0 Å². The number of nitrogens with one attached hydrogen (secondary N) is 1. The van der Waals surface area contributed by atoms with Crippen molar-refractivity contribution in [2.75, 3.05) is 12.4 Å². The van der Waals surface area contributed by atoms with Crippen LogP contribution >= 0.6 is 0 Å². The second-order valence-electron chi connectivity index (χ2n) is 3.92. The third-order valence-corrected chi connectivity index (χ3v) is 2.65. The smallest absolute Gasteiger partial charge is 0.213 e. The lowest BCUT2D eigenvalue weighted by molar-refractivity contribution is 0.282. The fourth-order valence-corrected chi connectivity index (χ4v) is 1.57. The Morgan fingerprint density at radius 2 is 1.83 bits per heavy atom. The molecule has 1 heterocycles. The summed E-state index contributed by atoms with van der Waals surface area (Å²) in [4.78, 5) is 4.12. The molecule has 0 unspecified atom stereocenters. The molecule has 0 spiro atoms. The van der Waals surface area contributed by atoms with Crippen molar-refractivity contribution in [3.05, 3.63) is 53.7 Å². The monoisotopic (exact) mass is 244 g/mol. The molecule has 1 aromatic heterocycles. The fourth-order valence-electron chi connectivity index (χ4n) is 1.57. The molecule has 0 saturated carbocycles. The van der Waals surface area contributed by atoms with Crippen LogP contribution in [-0.4, -0.2) is 17.2 Å². The first kappa shape index (κ1) is 12.4. The van der Waals surface area contributed by atoms with E-state index in [2.05, 4.69) is 10.3 Å². The number of ether oxygens (including phenoxy) is 1. The van der Waals surface area contributed by atoms with Crippen molar-refractivity contribution in [3.63, 3.8) is 0 Å². The Morgan fingerprint density at radius 1 is 1.11 bits per heavy atom. The topological polar surface area (TPSA) is 54.4 Å². The summed E-state index contributed by atoms with van der Waals surface area (Å²) in [6.45, 7) is 0.801. The molecule has 0 radical (unpaired) electrons. The van der Waals surface area contributed by atoms with Crippen LogP contribution in [0.1, 0.15) is 11.1 Å². The molecular formula is C14H16N2O2. The molecule has 0 amide bonds. The predicted octanol–water partition coefficient (Wildman–Crippen LogP) is 2.19. The summed E-state index contributed by atoms with van der Waals surface area (Å²) in [7, 11) is 1.60. The van der Waals surface area contributed by atoms with Crippen LogP contribution in [-0.2, 0) is 13.2 Å². The third-order valence-electron chi connectivity index (χ3n) is 2.65. The van der Waals surface area contributed by atoms with E-state index in [1.807, 2.05) is 36.4 Å². The summed E-state index contributed by atoms with van der Waals surface area (Å²) in [5.74, 6) is 0.604. The molecule has 18 heavy (non-hydrogen) atoms. The maximum atomic E-state index is 8.95. The minimum absolute atomic E-state index is 0.0795. The molecule has 0 aliphatic heterocycles. The SMILES string of the molecule is COc1ccc(NCc2ccc(CO)cc2)cn1. The second-order valence-corrected chi connectivity index (χ2v) is 3.92. The van der Waals surface area contributed by atoms with Crippen molar-refractivity contribution in [3.8, 4) is 5.88 Å². The lowest BCUT2D eigenvalue weighted by Gasteiger charge is -2.07. The second kappa shape index (κ2) is 6.02. The average Bonchev–Trinajstić information content (AvgIpc) is 2.46. The number of hydrogen-bond acceptors (Lipinski definition) is 4. The van der Waals surface area contributed by atoms with Crippen LogP contribution in [0.25, 0.3) is 0 Å². The van der Waals surface area contributed by atoms with E-state index in [0.29, 0.717) is 5.88 Å². The molecule has 0 aliphatic carbocycles. The molecule has 4 heteroatoms. The minimum Gasteiger partial charge on any atom is -0.481 e. The molecule has 4 nitrogen and oxygen atoms in total. The van der Waals surface area contributed by atoms with Gasteiger partial charge in [0.25, 0.3) is 0 Å². The number of aromatic nitrogens is 1. The first-order valence-electron chi connectivity index (χ1n) is 5.74. The summed E-state index contributed by atoms with van der Waals surface area (Å²) in [6, 6.07) is 11.6. The van der Waals surface area contributed by atoms with Crippen molar-refractivity contribution < 1.29 is 9.84 Å². The van der Waals surface area contributed by atoms with Crippen LogP contribution in [0.5, 0.6) is 5.88 Å². The Balaban J connectivity index is 1.93. The highest BCUT2D eigenvalue weighted by molar-refractivity contribution is 5.42. The summed E-state index contributed by atoms with van der Waals surface area (Å²) in [6.07, 6.45) is 1.74. The Hall–Kier alpha value is -2.07. The summed E-state index contributed by atoms with van der Waals surface area (Å²) < 4.78 is 4.99. The molecule has 2 aromatic rings. The number of hydrogen-bond donors (Lipinski definition) is 2. The number of benzene rings is 1. The molecule has 0 bridgehead atoms. The summed E-state index contributed by atoms with van der Waals surface area (Å²) in [5.41, 5.74) is 3.02. The van der Waals surface area contributed by atoms with Gasteiger partial charge in [0, 0.05) is 12.6 Å². The quantitative estimate of drug-likeness (QED) is 0.846. The first-order chi connectivity index (χ1) is 8.81. The number of nitrogens with zero attached hydrogens (tertiary/aromatic N) is 1. The van der Waals surface area contributed by atoms with E-state index in [1.54, 1.807) is 13.3 Å². The van der Waals surface area contributed by atoms with Crippen molar-refractivity contribution in [1.82, 2.24) is 4.98 Å². The normalized spacial score (nSPS) is 10.1. The van der Waals surface area contributed by atoms with E-state index < -0.39 is 0 Å². The number of pyridine rings is 1. The van der Waals surface area contributed by atoms with Gasteiger partial charge < -0.3 is 15.2 Å². The van der Waals surface area contributed by atoms with Gasteiger partial charge in [0.1, 0.15) is 0 Å². The van der Waals surface area contributed by atoms with E-state index >= 15 is 0 Å². The summed E-state index contributed by atoms with van der Waals surface area (Å²) >= 11 is 0. The molecule has 0 atom stereocenters. The highest BCUT2D eigenvalue weighted by atomic mass is 16.5. The molecule has 2 rings (SSSR count). The maximum absolute atomic E-state index is 8.95. The van der Waals surface area contributed by atoms with Gasteiger partial charge in [-0.3, -0.25) is 0 Å². The summed E-state index contributed by atoms with van der Waals surface area (Å²) in [5, 5.41) is 12.2. The maximum Gasteiger partial charge on any atom is 0.213 e. The fraction of sp³-hybridized carbons (Fsp3) is 0.214. The van der Waals surface area contributed by atoms with Gasteiger partial charge in [-0.15, -0.1) is 0 Å². The lowest BCUT2D eigenvalue weighted by Crippen LogP contribution is -2.00. The van der Waals surface area contributed by atoms with Gasteiger partial charge in [0.2, 0.25) is 5.88 Å². The first-order valence-corrected chi connectivity index (χ1v) is 5.74. The van der Waals surface area contributed by atoms with Gasteiger partial charge in [-0.25, -0.2) is 4.98 Å². The average molecular weight is 244 g/mol. The van der Waals surface area contributed by atoms with E-state index in [4.69, 9.17) is 9.84 Å². The number of aliphatic hydroxyl groups is 1. The van der Waals surface area contributed by atoms with Crippen molar-refractivity contribution in [2.24, 2.45) is 0 Å². The van der Waals surface area contributed by atoms with Crippen molar-refractivity contribution in [2.45, 2.75) is 13.2 Å². The zero-order valence-electron chi connectivity index (χ0n) is 10.3. The van der Waals surface area contributed by atoms with Crippen molar-refractivity contribution in [1.29, 1.82) is 0 Å². The number of aliphatic hydroxyl groups excluding tert-OH is 1. The zero-order chi connectivity index (χ0) is 12.8. The van der Waals surface area contributed by atoms with Crippen LogP contribution in [0.4, 0.5) is 5.69 Å². The third kappa shape index (κ3) is 3.21. The molecule has 0 saturated heterocycles. The largest absolute Gasteiger partial charge is 0.481 e. The van der Waals surface area contributed by atoms with Crippen molar-refractivity contribution >= 4 is 5.69 Å². The van der Waals surface area contributed by atoms with Crippen LogP contribution in [0.15, 0.2) is 42.6 Å². The van der Waals surface area contributed by atoms with Gasteiger partial charge >= 0.3 is 0 Å². The molecule has 0 aliphatic rings. The number of rotatable bonds is 5. The number of anilines is 1. The Bertz CT molecular complexity index is 433. The van der Waals surface area contributed by atoms with Gasteiger partial charge in [-0.05, 0) is 17.2 Å². The Morgan fingerprint density at radius 3 is 2.39 bits per heavy atom. The van der Waals surface area contributed by atoms with Gasteiger partial charge in [0.15, 0.2) is 0 Å². The number of methoxy groups -OCH3 is 1. The molecule has 0 fully saturated rings. The van der Waals surface area contributed by atoms with Crippen LogP contribution < -0.4 is 10.1 Å². The lowest BCUT2D eigenvalue weighted by atomic mass is 10.1. The standard InChI is InChI=1S/C14H16N2O2/c1-18-14-7-6-13(9-16-14)15-8-11-2-4-12(10-17)5-3-11/h2-7,9,15,17H,8,10H2,1H3. The molecule has 2 N–H and O–H groups in total. The zero-order valence-corrected chi connectivity index (χ0v) is 10.3. The highest BCUT2D eigenvalue weighted by Crippen LogP contribution is 2.12. The Kier molecular flexibility index (Phi) is 4.15. The van der Waals surface area contributed by atoms with Gasteiger partial charge in [-0.2, -0.15) is 0 Å². The van der Waals surface area contributed by atoms with Gasteiger partial charge in [0.05, 0.1) is 25.6 Å².